The highest BCUT2D eigenvalue weighted by atomic mass is 19.1. The van der Waals surface area contributed by atoms with Gasteiger partial charge in [0.2, 0.25) is 5.89 Å². The smallest absolute Gasteiger partial charge is 0.315 e. The quantitative estimate of drug-likeness (QED) is 0.432. The minimum atomic E-state index is -0.551. The van der Waals surface area contributed by atoms with Crippen LogP contribution in [0.3, 0.4) is 0 Å². The van der Waals surface area contributed by atoms with Gasteiger partial charge in [-0.2, -0.15) is 0 Å². The molecular formula is C27H33FN6O2. The van der Waals surface area contributed by atoms with E-state index in [1.807, 2.05) is 19.1 Å². The average Bonchev–Trinajstić information content (AvgIpc) is 3.18. The third kappa shape index (κ3) is 5.57. The Morgan fingerprint density at radius 1 is 1.11 bits per heavy atom. The highest BCUT2D eigenvalue weighted by Gasteiger charge is 2.28. The molecule has 36 heavy (non-hydrogen) atoms. The molecule has 8 nitrogen and oxygen atoms in total. The molecule has 3 aromatic rings. The lowest BCUT2D eigenvalue weighted by Gasteiger charge is -2.31. The van der Waals surface area contributed by atoms with Crippen molar-refractivity contribution in [2.75, 3.05) is 49.9 Å². The predicted molar refractivity (Wildman–Crippen MR) is 138 cm³/mol. The van der Waals surface area contributed by atoms with Gasteiger partial charge in [-0.25, -0.2) is 4.39 Å². The summed E-state index contributed by atoms with van der Waals surface area (Å²) in [7, 11) is 0. The van der Waals surface area contributed by atoms with Crippen molar-refractivity contribution in [1.82, 2.24) is 20.0 Å². The van der Waals surface area contributed by atoms with Crippen molar-refractivity contribution >= 4 is 17.6 Å². The van der Waals surface area contributed by atoms with Crippen LogP contribution in [0.15, 0.2) is 46.9 Å². The van der Waals surface area contributed by atoms with Crippen LogP contribution >= 0.6 is 0 Å². The third-order valence-electron chi connectivity index (χ3n) is 7.19. The van der Waals surface area contributed by atoms with E-state index in [1.165, 1.54) is 44.6 Å². The lowest BCUT2D eigenvalue weighted by atomic mass is 10.0. The number of carbonyl (C=O) groups excluding carboxylic acids is 1. The first-order chi connectivity index (χ1) is 17.6. The molecule has 190 valence electrons. The minimum absolute atomic E-state index is 0.00768. The molecule has 2 aromatic carbocycles. The molecule has 4 heterocycles. The zero-order chi connectivity index (χ0) is 24.9. The molecule has 0 unspecified atom stereocenters. The fourth-order valence-corrected chi connectivity index (χ4v) is 5.15. The Kier molecular flexibility index (Phi) is 7.58. The van der Waals surface area contributed by atoms with Crippen LogP contribution in [-0.2, 0) is 6.42 Å². The maximum absolute atomic E-state index is 13.9. The number of halogens is 1. The Labute approximate surface area is 210 Å². The number of nitrogens with zero attached hydrogens (tertiary/aromatic N) is 4. The molecule has 0 aliphatic carbocycles. The van der Waals surface area contributed by atoms with Crippen molar-refractivity contribution in [3.05, 3.63) is 59.4 Å². The first-order valence-corrected chi connectivity index (χ1v) is 12.8. The zero-order valence-electron chi connectivity index (χ0n) is 20.7. The summed E-state index contributed by atoms with van der Waals surface area (Å²) < 4.78 is 19.8. The van der Waals surface area contributed by atoms with Crippen LogP contribution in [0.5, 0.6) is 0 Å². The highest BCUT2D eigenvalue weighted by Crippen LogP contribution is 2.28. The van der Waals surface area contributed by atoms with Crippen LogP contribution in [0.25, 0.3) is 11.5 Å². The highest BCUT2D eigenvalue weighted by molar-refractivity contribution is 6.04. The van der Waals surface area contributed by atoms with Crippen molar-refractivity contribution < 1.29 is 13.6 Å². The standard InChI is InChI=1S/C27H33FN6O2/c1-2-19-18-20(30-25(35)23-6-3-4-7-24(23)28)8-9-22(19)26-31-32-27(36-26)29-12-5-13-34-17-16-33-14-10-21(34)11-15-33/h3-4,6-9,18,21H,2,5,10-17H2,1H3,(H,29,32)(H,30,35). The summed E-state index contributed by atoms with van der Waals surface area (Å²) >= 11 is 0. The fourth-order valence-electron chi connectivity index (χ4n) is 5.15. The summed E-state index contributed by atoms with van der Waals surface area (Å²) in [5.74, 6) is -0.609. The maximum Gasteiger partial charge on any atom is 0.315 e. The van der Waals surface area contributed by atoms with E-state index in [0.717, 1.165) is 43.2 Å². The van der Waals surface area contributed by atoms with Gasteiger partial charge in [0.15, 0.2) is 0 Å². The molecular weight excluding hydrogens is 459 g/mol. The van der Waals surface area contributed by atoms with Crippen LogP contribution in [0.4, 0.5) is 16.1 Å². The number of nitrogens with one attached hydrogen (secondary N) is 2. The maximum atomic E-state index is 13.9. The summed E-state index contributed by atoms with van der Waals surface area (Å²) in [4.78, 5) is 17.7. The fraction of sp³-hybridized carbons (Fsp3) is 0.444. The van der Waals surface area contributed by atoms with E-state index < -0.39 is 11.7 Å². The topological polar surface area (TPSA) is 86.5 Å². The van der Waals surface area contributed by atoms with E-state index in [4.69, 9.17) is 4.42 Å². The normalized spacial score (nSPS) is 19.7. The number of piperidine rings is 1. The van der Waals surface area contributed by atoms with Gasteiger partial charge < -0.3 is 20.0 Å². The number of rotatable bonds is 9. The molecule has 0 spiro atoms. The van der Waals surface area contributed by atoms with Crippen LogP contribution < -0.4 is 10.6 Å². The number of aromatic nitrogens is 2. The number of hydrogen-bond donors (Lipinski definition) is 2. The van der Waals surface area contributed by atoms with Gasteiger partial charge in [-0.1, -0.05) is 24.2 Å². The molecule has 3 saturated heterocycles. The van der Waals surface area contributed by atoms with Gasteiger partial charge in [-0.05, 0) is 74.7 Å². The largest absolute Gasteiger partial charge is 0.403 e. The zero-order valence-corrected chi connectivity index (χ0v) is 20.7. The Balaban J connectivity index is 1.17. The number of hydrogen-bond acceptors (Lipinski definition) is 7. The van der Waals surface area contributed by atoms with Gasteiger partial charge in [0.1, 0.15) is 5.82 Å². The van der Waals surface area contributed by atoms with E-state index in [0.29, 0.717) is 24.0 Å². The van der Waals surface area contributed by atoms with Crippen molar-refractivity contribution in [2.45, 2.75) is 38.6 Å². The van der Waals surface area contributed by atoms with Crippen LogP contribution in [0, 0.1) is 5.82 Å². The molecule has 3 aliphatic rings. The Bertz CT molecular complexity index is 1190. The number of benzene rings is 2. The Morgan fingerprint density at radius 3 is 2.75 bits per heavy atom. The lowest BCUT2D eigenvalue weighted by Crippen LogP contribution is -2.38. The molecule has 2 bridgehead atoms. The number of aryl methyl sites for hydroxylation is 1. The van der Waals surface area contributed by atoms with E-state index in [-0.39, 0.29) is 5.56 Å². The monoisotopic (exact) mass is 492 g/mol. The van der Waals surface area contributed by atoms with Gasteiger partial charge in [0.05, 0.1) is 5.56 Å². The number of carbonyl (C=O) groups is 1. The van der Waals surface area contributed by atoms with Crippen LogP contribution in [0.1, 0.15) is 42.1 Å². The van der Waals surface area contributed by atoms with Gasteiger partial charge in [0.25, 0.3) is 5.91 Å². The first-order valence-electron chi connectivity index (χ1n) is 12.8. The molecule has 1 aromatic heterocycles. The second-order valence-corrected chi connectivity index (χ2v) is 9.46. The first kappa shape index (κ1) is 24.4. The van der Waals surface area contributed by atoms with Gasteiger partial charge >= 0.3 is 6.01 Å². The second-order valence-electron chi connectivity index (χ2n) is 9.46. The molecule has 0 saturated carbocycles. The van der Waals surface area contributed by atoms with Gasteiger partial charge in [-0.3, -0.25) is 9.69 Å². The van der Waals surface area contributed by atoms with Gasteiger partial charge in [0, 0.05) is 43.5 Å². The molecule has 9 heteroatoms. The van der Waals surface area contributed by atoms with E-state index in [1.54, 1.807) is 18.2 Å². The van der Waals surface area contributed by atoms with Crippen molar-refractivity contribution in [2.24, 2.45) is 0 Å². The summed E-state index contributed by atoms with van der Waals surface area (Å²) in [5, 5.41) is 14.4. The summed E-state index contributed by atoms with van der Waals surface area (Å²) in [6.07, 6.45) is 4.29. The number of fused-ring (bicyclic) bond motifs is 4. The molecule has 1 amide bonds. The summed E-state index contributed by atoms with van der Waals surface area (Å²) in [5.41, 5.74) is 2.36. The predicted octanol–water partition coefficient (Wildman–Crippen LogP) is 4.27. The van der Waals surface area contributed by atoms with Crippen LogP contribution in [0.2, 0.25) is 0 Å². The summed E-state index contributed by atoms with van der Waals surface area (Å²) in [6.45, 7) is 8.69. The van der Waals surface area contributed by atoms with E-state index in [2.05, 4.69) is 30.6 Å². The van der Waals surface area contributed by atoms with E-state index in [9.17, 15) is 9.18 Å². The third-order valence-corrected chi connectivity index (χ3v) is 7.19. The SMILES string of the molecule is CCc1cc(NC(=O)c2ccccc2F)ccc1-c1nnc(NCCCN2CCN3CCC2CC3)o1. The van der Waals surface area contributed by atoms with Crippen molar-refractivity contribution in [3.8, 4) is 11.5 Å². The molecule has 0 radical (unpaired) electrons. The van der Waals surface area contributed by atoms with E-state index >= 15 is 0 Å². The second kappa shape index (κ2) is 11.2. The number of anilines is 2. The summed E-state index contributed by atoms with van der Waals surface area (Å²) in [6, 6.07) is 12.5. The average molecular weight is 493 g/mol. The van der Waals surface area contributed by atoms with Crippen molar-refractivity contribution in [1.29, 1.82) is 0 Å². The molecule has 6 rings (SSSR count). The van der Waals surface area contributed by atoms with Crippen LogP contribution in [-0.4, -0.2) is 71.2 Å². The minimum Gasteiger partial charge on any atom is -0.403 e. The van der Waals surface area contributed by atoms with Crippen molar-refractivity contribution in [3.63, 3.8) is 0 Å². The molecule has 2 N–H and O–H groups in total. The molecule has 3 aliphatic heterocycles. The Morgan fingerprint density at radius 2 is 1.94 bits per heavy atom. The molecule has 0 atom stereocenters. The lowest BCUT2D eigenvalue weighted by molar-refractivity contribution is 0.102. The number of amides is 1. The van der Waals surface area contributed by atoms with Gasteiger partial charge in [-0.15, -0.1) is 5.10 Å². The Hall–Kier alpha value is -3.30. The molecule has 3 fully saturated rings.